The Morgan fingerprint density at radius 3 is 2.63 bits per heavy atom. The number of rotatable bonds is 6. The molecule has 30 heavy (non-hydrogen) atoms. The fourth-order valence-electron chi connectivity index (χ4n) is 4.12. The standard InChI is InChI=1S/C20H24N6O3S/c1-2-15-10-16(27)12-26(15)11-13-6-8-14(9-7-13)17-4-3-5-18(30(21,28)29)19(17)20-22-24-25-23-20/h3-9,15-16,27H,2,10-12H2,1H3,(H2,21,28,29)(H,22,23,24,25)/t15-,16-/m1/s1. The predicted molar refractivity (Wildman–Crippen MR) is 112 cm³/mol. The number of likely N-dealkylation sites (tertiary alicyclic amines) is 1. The molecule has 158 valence electrons. The molecule has 0 saturated carbocycles. The van der Waals surface area contributed by atoms with E-state index in [1.165, 1.54) is 6.07 Å². The van der Waals surface area contributed by atoms with E-state index in [4.69, 9.17) is 5.14 Å². The molecule has 3 aromatic rings. The molecule has 0 aliphatic carbocycles. The Kier molecular flexibility index (Phi) is 5.65. The minimum Gasteiger partial charge on any atom is -0.392 e. The summed E-state index contributed by atoms with van der Waals surface area (Å²) < 4.78 is 24.3. The molecule has 4 N–H and O–H groups in total. The second-order valence-electron chi connectivity index (χ2n) is 7.55. The van der Waals surface area contributed by atoms with E-state index >= 15 is 0 Å². The van der Waals surface area contributed by atoms with Crippen molar-refractivity contribution in [1.29, 1.82) is 0 Å². The van der Waals surface area contributed by atoms with E-state index in [0.29, 0.717) is 23.7 Å². The Hall–Kier alpha value is -2.66. The predicted octanol–water partition coefficient (Wildman–Crippen LogP) is 1.53. The van der Waals surface area contributed by atoms with Crippen LogP contribution in [0.25, 0.3) is 22.5 Å². The first-order valence-electron chi connectivity index (χ1n) is 9.78. The van der Waals surface area contributed by atoms with Crippen molar-refractivity contribution >= 4 is 10.0 Å². The molecule has 0 radical (unpaired) electrons. The first-order chi connectivity index (χ1) is 14.4. The maximum absolute atomic E-state index is 12.1. The lowest BCUT2D eigenvalue weighted by molar-refractivity contribution is 0.172. The number of nitrogens with zero attached hydrogens (tertiary/aromatic N) is 4. The number of aliphatic hydroxyl groups excluding tert-OH is 1. The summed E-state index contributed by atoms with van der Waals surface area (Å²) in [5.74, 6) is 0.232. The monoisotopic (exact) mass is 428 g/mol. The Morgan fingerprint density at radius 2 is 2.00 bits per heavy atom. The molecule has 0 bridgehead atoms. The lowest BCUT2D eigenvalue weighted by Crippen LogP contribution is -2.28. The summed E-state index contributed by atoms with van der Waals surface area (Å²) in [6.45, 7) is 3.57. The average molecular weight is 429 g/mol. The Bertz CT molecular complexity index is 1120. The fraction of sp³-hybridized carbons (Fsp3) is 0.350. The van der Waals surface area contributed by atoms with Gasteiger partial charge in [-0.05, 0) is 46.0 Å². The maximum Gasteiger partial charge on any atom is 0.238 e. The van der Waals surface area contributed by atoms with Gasteiger partial charge in [-0.25, -0.2) is 18.7 Å². The van der Waals surface area contributed by atoms with Crippen LogP contribution in [0, 0.1) is 0 Å². The van der Waals surface area contributed by atoms with E-state index < -0.39 is 10.0 Å². The van der Waals surface area contributed by atoms with E-state index in [9.17, 15) is 13.5 Å². The molecule has 1 aliphatic heterocycles. The topological polar surface area (TPSA) is 138 Å². The molecule has 0 amide bonds. The average Bonchev–Trinajstić information content (AvgIpc) is 3.37. The van der Waals surface area contributed by atoms with E-state index in [1.807, 2.05) is 30.3 Å². The fourth-order valence-corrected chi connectivity index (χ4v) is 4.88. The van der Waals surface area contributed by atoms with Crippen LogP contribution in [0.1, 0.15) is 25.3 Å². The van der Waals surface area contributed by atoms with Gasteiger partial charge in [0.05, 0.1) is 11.0 Å². The number of H-pyrrole nitrogens is 1. The van der Waals surface area contributed by atoms with Crippen molar-refractivity contribution in [2.24, 2.45) is 5.14 Å². The van der Waals surface area contributed by atoms with E-state index in [1.54, 1.807) is 6.07 Å². The van der Waals surface area contributed by atoms with Crippen molar-refractivity contribution in [3.05, 3.63) is 48.0 Å². The Labute approximate surface area is 175 Å². The van der Waals surface area contributed by atoms with Crippen LogP contribution < -0.4 is 5.14 Å². The molecule has 1 fully saturated rings. The highest BCUT2D eigenvalue weighted by molar-refractivity contribution is 7.89. The van der Waals surface area contributed by atoms with Gasteiger partial charge in [-0.1, -0.05) is 43.3 Å². The molecule has 9 nitrogen and oxygen atoms in total. The van der Waals surface area contributed by atoms with Gasteiger partial charge in [-0.3, -0.25) is 4.90 Å². The van der Waals surface area contributed by atoms with Gasteiger partial charge < -0.3 is 5.11 Å². The third kappa shape index (κ3) is 4.12. The van der Waals surface area contributed by atoms with Crippen molar-refractivity contribution in [1.82, 2.24) is 25.5 Å². The van der Waals surface area contributed by atoms with Crippen molar-refractivity contribution in [2.75, 3.05) is 6.54 Å². The third-order valence-electron chi connectivity index (χ3n) is 5.54. The molecule has 1 saturated heterocycles. The number of aromatic nitrogens is 4. The number of hydrogen-bond donors (Lipinski definition) is 3. The number of primary sulfonamides is 1. The summed E-state index contributed by atoms with van der Waals surface area (Å²) in [6, 6.07) is 13.2. The third-order valence-corrected chi connectivity index (χ3v) is 6.50. The SMILES string of the molecule is CC[C@@H]1C[C@@H](O)CN1Cc1ccc(-c2cccc(S(N)(=O)=O)c2-c2nnn[nH]2)cc1. The van der Waals surface area contributed by atoms with E-state index in [2.05, 4.69) is 32.4 Å². The molecule has 4 rings (SSSR count). The van der Waals surface area contributed by atoms with Crippen LogP contribution >= 0.6 is 0 Å². The normalized spacial score (nSPS) is 20.0. The van der Waals surface area contributed by atoms with Gasteiger partial charge >= 0.3 is 0 Å². The maximum atomic E-state index is 12.1. The molecule has 0 spiro atoms. The quantitative estimate of drug-likeness (QED) is 0.541. The van der Waals surface area contributed by atoms with Gasteiger partial charge in [-0.2, -0.15) is 0 Å². The lowest BCUT2D eigenvalue weighted by atomic mass is 9.98. The smallest absolute Gasteiger partial charge is 0.238 e. The largest absolute Gasteiger partial charge is 0.392 e. The van der Waals surface area contributed by atoms with Gasteiger partial charge in [0.15, 0.2) is 5.82 Å². The minimum absolute atomic E-state index is 0.0422. The molecule has 10 heteroatoms. The number of nitrogens with one attached hydrogen (secondary N) is 1. The lowest BCUT2D eigenvalue weighted by Gasteiger charge is -2.23. The number of tetrazole rings is 1. The summed E-state index contributed by atoms with van der Waals surface area (Å²) in [5.41, 5.74) is 2.95. The summed E-state index contributed by atoms with van der Waals surface area (Å²) in [5, 5.41) is 29.0. The number of β-amino-alcohol motifs (C(OH)–C–C–N with tert-alkyl or cyclic N) is 1. The van der Waals surface area contributed by atoms with Crippen LogP contribution in [0.3, 0.4) is 0 Å². The highest BCUT2D eigenvalue weighted by Crippen LogP contribution is 2.35. The van der Waals surface area contributed by atoms with Crippen molar-refractivity contribution in [3.8, 4) is 22.5 Å². The first-order valence-corrected chi connectivity index (χ1v) is 11.3. The zero-order chi connectivity index (χ0) is 21.3. The van der Waals surface area contributed by atoms with Crippen LogP contribution in [-0.2, 0) is 16.6 Å². The number of hydrogen-bond acceptors (Lipinski definition) is 7. The number of aliphatic hydroxyl groups is 1. The second-order valence-corrected chi connectivity index (χ2v) is 9.08. The van der Waals surface area contributed by atoms with Crippen molar-refractivity contribution in [3.63, 3.8) is 0 Å². The summed E-state index contributed by atoms with van der Waals surface area (Å²) in [6.07, 6.45) is 1.54. The van der Waals surface area contributed by atoms with Crippen LogP contribution in [0.4, 0.5) is 0 Å². The van der Waals surface area contributed by atoms with Gasteiger partial charge in [0, 0.05) is 24.7 Å². The number of nitrogens with two attached hydrogens (primary N) is 1. The van der Waals surface area contributed by atoms with E-state index in [-0.39, 0.29) is 16.8 Å². The molecular weight excluding hydrogens is 404 g/mol. The number of aromatic amines is 1. The zero-order valence-electron chi connectivity index (χ0n) is 16.6. The Balaban J connectivity index is 1.68. The number of sulfonamides is 1. The molecule has 1 aromatic heterocycles. The van der Waals surface area contributed by atoms with Crippen molar-refractivity contribution < 1.29 is 13.5 Å². The van der Waals surface area contributed by atoms with Gasteiger partial charge in [0.1, 0.15) is 0 Å². The van der Waals surface area contributed by atoms with Gasteiger partial charge in [0.25, 0.3) is 0 Å². The summed E-state index contributed by atoms with van der Waals surface area (Å²) >= 11 is 0. The van der Waals surface area contributed by atoms with Gasteiger partial charge in [0.2, 0.25) is 10.0 Å². The molecule has 1 aliphatic rings. The first kappa shape index (κ1) is 20.6. The summed E-state index contributed by atoms with van der Waals surface area (Å²) in [7, 11) is -3.97. The summed E-state index contributed by atoms with van der Waals surface area (Å²) in [4.78, 5) is 2.26. The molecular formula is C20H24N6O3S. The van der Waals surface area contributed by atoms with Crippen LogP contribution in [0.5, 0.6) is 0 Å². The van der Waals surface area contributed by atoms with Crippen LogP contribution in [0.15, 0.2) is 47.4 Å². The van der Waals surface area contributed by atoms with Crippen molar-refractivity contribution in [2.45, 2.75) is 43.4 Å². The van der Waals surface area contributed by atoms with Crippen LogP contribution in [-0.4, -0.2) is 57.7 Å². The highest BCUT2D eigenvalue weighted by Gasteiger charge is 2.29. The number of benzene rings is 2. The Morgan fingerprint density at radius 1 is 1.23 bits per heavy atom. The van der Waals surface area contributed by atoms with E-state index in [0.717, 1.165) is 30.5 Å². The molecule has 2 heterocycles. The molecule has 0 unspecified atom stereocenters. The minimum atomic E-state index is -3.97. The highest BCUT2D eigenvalue weighted by atomic mass is 32.2. The van der Waals surface area contributed by atoms with Crippen LogP contribution in [0.2, 0.25) is 0 Å². The molecule has 2 atom stereocenters. The molecule has 2 aromatic carbocycles. The second kappa shape index (κ2) is 8.23. The zero-order valence-corrected chi connectivity index (χ0v) is 17.4. The van der Waals surface area contributed by atoms with Gasteiger partial charge in [-0.15, -0.1) is 5.10 Å².